The summed E-state index contributed by atoms with van der Waals surface area (Å²) in [6, 6.07) is 8.23. The van der Waals surface area contributed by atoms with Crippen LogP contribution in [0.5, 0.6) is 0 Å². The molecule has 0 amide bonds. The summed E-state index contributed by atoms with van der Waals surface area (Å²) < 4.78 is 0. The topological polar surface area (TPSA) is 26.7 Å². The lowest BCUT2D eigenvalue weighted by Gasteiger charge is -2.35. The van der Waals surface area contributed by atoms with Crippen molar-refractivity contribution in [1.29, 1.82) is 0 Å². The Morgan fingerprint density at radius 3 is 2.47 bits per heavy atom. The molecule has 0 spiro atoms. The van der Waals surface area contributed by atoms with Crippen LogP contribution in [-0.2, 0) is 0 Å². The number of para-hydroxylation sites is 1. The molecule has 1 heterocycles. The zero-order chi connectivity index (χ0) is 12.3. The third-order valence-corrected chi connectivity index (χ3v) is 3.53. The molecular weight excluding hydrogens is 212 g/mol. The van der Waals surface area contributed by atoms with Crippen molar-refractivity contribution in [2.45, 2.75) is 19.4 Å². The van der Waals surface area contributed by atoms with E-state index in [1.165, 1.54) is 5.69 Å². The van der Waals surface area contributed by atoms with E-state index in [0.29, 0.717) is 0 Å². The van der Waals surface area contributed by atoms with E-state index in [9.17, 15) is 5.11 Å². The molecule has 0 aromatic heterocycles. The predicted octanol–water partition coefficient (Wildman–Crippen LogP) is 1.88. The average molecular weight is 234 g/mol. The Labute approximate surface area is 104 Å². The van der Waals surface area contributed by atoms with E-state index in [4.69, 9.17) is 0 Å². The van der Waals surface area contributed by atoms with E-state index in [-0.39, 0.29) is 6.10 Å². The van der Waals surface area contributed by atoms with Crippen molar-refractivity contribution in [2.75, 3.05) is 38.1 Å². The second-order valence-corrected chi connectivity index (χ2v) is 4.77. The minimum atomic E-state index is -0.342. The summed E-state index contributed by atoms with van der Waals surface area (Å²) in [6.07, 6.45) is 0.427. The molecule has 2 rings (SSSR count). The van der Waals surface area contributed by atoms with Crippen LogP contribution in [0.25, 0.3) is 0 Å². The Hall–Kier alpha value is -1.06. The summed E-state index contributed by atoms with van der Waals surface area (Å²) in [7, 11) is 2.16. The molecule has 94 valence electrons. The molecule has 1 atom stereocenters. The van der Waals surface area contributed by atoms with Gasteiger partial charge in [-0.15, -0.1) is 0 Å². The van der Waals surface area contributed by atoms with Gasteiger partial charge in [0.1, 0.15) is 0 Å². The Kier molecular flexibility index (Phi) is 4.02. The predicted molar refractivity (Wildman–Crippen MR) is 71.4 cm³/mol. The van der Waals surface area contributed by atoms with E-state index < -0.39 is 0 Å². The van der Waals surface area contributed by atoms with Gasteiger partial charge in [-0.2, -0.15) is 0 Å². The van der Waals surface area contributed by atoms with Crippen molar-refractivity contribution >= 4 is 5.69 Å². The maximum Gasteiger partial charge on any atom is 0.0807 e. The zero-order valence-corrected chi connectivity index (χ0v) is 10.8. The average Bonchev–Trinajstić information content (AvgIpc) is 2.39. The largest absolute Gasteiger partial charge is 0.388 e. The highest BCUT2D eigenvalue weighted by atomic mass is 16.3. The maximum atomic E-state index is 10.1. The van der Waals surface area contributed by atoms with Gasteiger partial charge in [0.15, 0.2) is 0 Å². The van der Waals surface area contributed by atoms with Gasteiger partial charge in [-0.3, -0.25) is 0 Å². The summed E-state index contributed by atoms with van der Waals surface area (Å²) in [6.45, 7) is 6.30. The van der Waals surface area contributed by atoms with Gasteiger partial charge in [0.05, 0.1) is 6.10 Å². The third kappa shape index (κ3) is 2.79. The highest BCUT2D eigenvalue weighted by Crippen LogP contribution is 2.28. The van der Waals surface area contributed by atoms with Crippen LogP contribution >= 0.6 is 0 Å². The SMILES string of the molecule is CC[C@H](O)c1ccccc1N1CCN(C)CC1. The van der Waals surface area contributed by atoms with E-state index in [1.807, 2.05) is 19.1 Å². The number of aliphatic hydroxyl groups is 1. The van der Waals surface area contributed by atoms with Gasteiger partial charge in [0.2, 0.25) is 0 Å². The molecule has 3 heteroatoms. The summed E-state index contributed by atoms with van der Waals surface area (Å²) in [4.78, 5) is 4.73. The maximum absolute atomic E-state index is 10.1. The number of anilines is 1. The number of aliphatic hydroxyl groups excluding tert-OH is 1. The molecule has 17 heavy (non-hydrogen) atoms. The summed E-state index contributed by atoms with van der Waals surface area (Å²) in [5, 5.41) is 10.1. The number of hydrogen-bond donors (Lipinski definition) is 1. The number of rotatable bonds is 3. The second-order valence-electron chi connectivity index (χ2n) is 4.77. The normalized spacial score (nSPS) is 19.4. The van der Waals surface area contributed by atoms with Crippen molar-refractivity contribution in [3.63, 3.8) is 0 Å². The van der Waals surface area contributed by atoms with Gasteiger partial charge in [0, 0.05) is 37.4 Å². The van der Waals surface area contributed by atoms with Crippen molar-refractivity contribution < 1.29 is 5.11 Å². The lowest BCUT2D eigenvalue weighted by molar-refractivity contribution is 0.173. The van der Waals surface area contributed by atoms with Gasteiger partial charge in [-0.05, 0) is 19.5 Å². The van der Waals surface area contributed by atoms with Crippen LogP contribution < -0.4 is 4.90 Å². The molecule has 0 radical (unpaired) electrons. The highest BCUT2D eigenvalue weighted by molar-refractivity contribution is 5.55. The Morgan fingerprint density at radius 1 is 1.18 bits per heavy atom. The van der Waals surface area contributed by atoms with E-state index in [0.717, 1.165) is 38.2 Å². The van der Waals surface area contributed by atoms with Crippen molar-refractivity contribution in [1.82, 2.24) is 4.90 Å². The molecule has 1 aliphatic rings. The lowest BCUT2D eigenvalue weighted by atomic mass is 10.0. The number of piperazine rings is 1. The smallest absolute Gasteiger partial charge is 0.0807 e. The van der Waals surface area contributed by atoms with Gasteiger partial charge in [-0.25, -0.2) is 0 Å². The molecule has 1 aliphatic heterocycles. The highest BCUT2D eigenvalue weighted by Gasteiger charge is 2.18. The molecule has 1 aromatic carbocycles. The molecule has 1 N–H and O–H groups in total. The first-order chi connectivity index (χ1) is 8.22. The van der Waals surface area contributed by atoms with Gasteiger partial charge in [-0.1, -0.05) is 25.1 Å². The molecule has 1 saturated heterocycles. The number of likely N-dealkylation sites (N-methyl/N-ethyl adjacent to an activating group) is 1. The fraction of sp³-hybridized carbons (Fsp3) is 0.571. The fourth-order valence-electron chi connectivity index (χ4n) is 2.32. The first kappa shape index (κ1) is 12.4. The molecule has 0 aliphatic carbocycles. The first-order valence-corrected chi connectivity index (χ1v) is 6.43. The van der Waals surface area contributed by atoms with E-state index >= 15 is 0 Å². The molecule has 0 bridgehead atoms. The van der Waals surface area contributed by atoms with Crippen molar-refractivity contribution in [3.05, 3.63) is 29.8 Å². The number of benzene rings is 1. The van der Waals surface area contributed by atoms with E-state index in [1.54, 1.807) is 0 Å². The fourth-order valence-corrected chi connectivity index (χ4v) is 2.32. The molecule has 0 saturated carbocycles. The van der Waals surface area contributed by atoms with Crippen LogP contribution in [-0.4, -0.2) is 43.2 Å². The Morgan fingerprint density at radius 2 is 1.82 bits per heavy atom. The minimum absolute atomic E-state index is 0.342. The number of nitrogens with zero attached hydrogens (tertiary/aromatic N) is 2. The van der Waals surface area contributed by atoms with Crippen LogP contribution in [0, 0.1) is 0 Å². The molecule has 0 unspecified atom stereocenters. The molecule has 3 nitrogen and oxygen atoms in total. The molecule has 1 fully saturated rings. The van der Waals surface area contributed by atoms with Crippen LogP contribution in [0.2, 0.25) is 0 Å². The summed E-state index contributed by atoms with van der Waals surface area (Å²) >= 11 is 0. The summed E-state index contributed by atoms with van der Waals surface area (Å²) in [5.41, 5.74) is 2.27. The molecular formula is C14H22N2O. The van der Waals surface area contributed by atoms with Crippen LogP contribution in [0.4, 0.5) is 5.69 Å². The molecule has 1 aromatic rings. The minimum Gasteiger partial charge on any atom is -0.388 e. The van der Waals surface area contributed by atoms with Gasteiger partial charge < -0.3 is 14.9 Å². The van der Waals surface area contributed by atoms with E-state index in [2.05, 4.69) is 29.0 Å². The lowest BCUT2D eigenvalue weighted by Crippen LogP contribution is -2.44. The van der Waals surface area contributed by atoms with Gasteiger partial charge in [0.25, 0.3) is 0 Å². The van der Waals surface area contributed by atoms with Gasteiger partial charge >= 0.3 is 0 Å². The van der Waals surface area contributed by atoms with Crippen LogP contribution in [0.1, 0.15) is 25.0 Å². The Bertz CT molecular complexity index is 359. The standard InChI is InChI=1S/C14H22N2O/c1-3-14(17)12-6-4-5-7-13(12)16-10-8-15(2)9-11-16/h4-7,14,17H,3,8-11H2,1-2H3/t14-/m0/s1. The quantitative estimate of drug-likeness (QED) is 0.865. The Balaban J connectivity index is 2.19. The number of hydrogen-bond acceptors (Lipinski definition) is 3. The van der Waals surface area contributed by atoms with Crippen molar-refractivity contribution in [3.8, 4) is 0 Å². The van der Waals surface area contributed by atoms with Crippen LogP contribution in [0.3, 0.4) is 0 Å². The third-order valence-electron chi connectivity index (χ3n) is 3.53. The first-order valence-electron chi connectivity index (χ1n) is 6.43. The monoisotopic (exact) mass is 234 g/mol. The van der Waals surface area contributed by atoms with Crippen LogP contribution in [0.15, 0.2) is 24.3 Å². The van der Waals surface area contributed by atoms with Crippen molar-refractivity contribution in [2.24, 2.45) is 0 Å². The second kappa shape index (κ2) is 5.52. The zero-order valence-electron chi connectivity index (χ0n) is 10.8. The summed E-state index contributed by atoms with van der Waals surface area (Å²) in [5.74, 6) is 0.